The van der Waals surface area contributed by atoms with E-state index in [0.717, 1.165) is 22.9 Å². The first-order chi connectivity index (χ1) is 22.6. The Hall–Kier alpha value is -5.39. The number of aromatic nitrogens is 7. The maximum atomic E-state index is 14.7. The molecular weight excluding hydrogens is 677 g/mol. The van der Waals surface area contributed by atoms with Gasteiger partial charge in [-0.15, -0.1) is 23.4 Å². The van der Waals surface area contributed by atoms with Gasteiger partial charge in [0, 0.05) is 24.7 Å². The lowest BCUT2D eigenvalue weighted by Gasteiger charge is -2.14. The first kappa shape index (κ1) is 34.0. The van der Waals surface area contributed by atoms with Gasteiger partial charge in [-0.3, -0.25) is 9.59 Å². The van der Waals surface area contributed by atoms with E-state index in [9.17, 15) is 40.3 Å². The maximum Gasteiger partial charge on any atom is 0.573 e. The van der Waals surface area contributed by atoms with Crippen LogP contribution < -0.4 is 10.1 Å². The molecule has 11 nitrogen and oxygen atoms in total. The molecule has 0 radical (unpaired) electrons. The molecule has 0 aliphatic heterocycles. The van der Waals surface area contributed by atoms with Crippen LogP contribution in [0, 0.1) is 12.7 Å². The molecule has 0 atom stereocenters. The van der Waals surface area contributed by atoms with Crippen molar-refractivity contribution in [2.24, 2.45) is 0 Å². The van der Waals surface area contributed by atoms with Gasteiger partial charge in [0.05, 0.1) is 10.7 Å². The van der Waals surface area contributed by atoms with Crippen molar-refractivity contribution in [2.75, 3.05) is 0 Å². The Balaban J connectivity index is 1.41. The highest BCUT2D eigenvalue weighted by Gasteiger charge is 2.37. The lowest BCUT2D eigenvalue weighted by Crippen LogP contribution is -2.25. The molecule has 5 aromatic rings. The lowest BCUT2D eigenvalue weighted by atomic mass is 9.95. The number of nitrogens with zero attached hydrogens (tertiary/aromatic N) is 7. The summed E-state index contributed by atoms with van der Waals surface area (Å²) in [5.74, 6) is -4.06. The molecule has 0 saturated heterocycles. The minimum absolute atomic E-state index is 0.00289. The summed E-state index contributed by atoms with van der Waals surface area (Å²) >= 11 is 6.29. The van der Waals surface area contributed by atoms with Gasteiger partial charge >= 0.3 is 12.5 Å². The summed E-state index contributed by atoms with van der Waals surface area (Å²) in [6, 6.07) is 11.2. The molecule has 250 valence electrons. The number of carbonyl (C=O) groups excluding carboxylic acids is 2. The van der Waals surface area contributed by atoms with Crippen LogP contribution >= 0.6 is 11.6 Å². The number of hydrogen-bond acceptors (Lipinski definition) is 8. The van der Waals surface area contributed by atoms with Crippen molar-refractivity contribution in [3.8, 4) is 11.6 Å². The van der Waals surface area contributed by atoms with E-state index in [1.165, 1.54) is 49.5 Å². The highest BCUT2D eigenvalue weighted by molar-refractivity contribution is 6.32. The van der Waals surface area contributed by atoms with Gasteiger partial charge in [-0.1, -0.05) is 23.7 Å². The fraction of sp³-hybridized carbons (Fsp3) is 0.207. The van der Waals surface area contributed by atoms with Crippen LogP contribution in [0.25, 0.3) is 5.82 Å². The third-order valence-electron chi connectivity index (χ3n) is 6.72. The van der Waals surface area contributed by atoms with E-state index in [0.29, 0.717) is 10.4 Å². The zero-order chi connectivity index (χ0) is 34.8. The van der Waals surface area contributed by atoms with Crippen molar-refractivity contribution in [3.63, 3.8) is 0 Å². The summed E-state index contributed by atoms with van der Waals surface area (Å²) in [4.78, 5) is 31.8. The number of nitrogens with one attached hydrogen (secondary N) is 1. The number of alkyl halides is 6. The highest BCUT2D eigenvalue weighted by Crippen LogP contribution is 2.27. The predicted molar refractivity (Wildman–Crippen MR) is 152 cm³/mol. The summed E-state index contributed by atoms with van der Waals surface area (Å²) in [6.45, 7) is 0.799. The fourth-order valence-electron chi connectivity index (χ4n) is 4.48. The van der Waals surface area contributed by atoms with E-state index >= 15 is 0 Å². The number of hydrogen-bond donors (Lipinski definition) is 1. The van der Waals surface area contributed by atoms with Gasteiger partial charge in [-0.05, 0) is 71.3 Å². The van der Waals surface area contributed by atoms with Crippen LogP contribution in [-0.2, 0) is 25.7 Å². The van der Waals surface area contributed by atoms with Crippen LogP contribution in [0.15, 0.2) is 60.8 Å². The number of rotatable bonds is 10. The lowest BCUT2D eigenvalue weighted by molar-refractivity contribution is -0.274. The Kier molecular flexibility index (Phi) is 9.47. The summed E-state index contributed by atoms with van der Waals surface area (Å²) in [6.07, 6.45) is -8.89. The van der Waals surface area contributed by atoms with Gasteiger partial charge < -0.3 is 10.1 Å². The summed E-state index contributed by atoms with van der Waals surface area (Å²) in [5.41, 5.74) is 0.221. The predicted octanol–water partition coefficient (Wildman–Crippen LogP) is 5.68. The van der Waals surface area contributed by atoms with Crippen LogP contribution in [-0.4, -0.2) is 53.0 Å². The van der Waals surface area contributed by atoms with Crippen LogP contribution in [0.4, 0.5) is 30.7 Å². The molecule has 5 rings (SSSR count). The number of amides is 1. The molecule has 19 heteroatoms. The molecule has 0 aliphatic carbocycles. The third-order valence-corrected chi connectivity index (χ3v) is 7.01. The molecule has 0 spiro atoms. The first-order valence-corrected chi connectivity index (χ1v) is 14.0. The fourth-order valence-corrected chi connectivity index (χ4v) is 4.68. The minimum atomic E-state index is -4.87. The Morgan fingerprint density at radius 2 is 1.73 bits per heavy atom. The molecule has 48 heavy (non-hydrogen) atoms. The molecule has 0 saturated carbocycles. The first-order valence-electron chi connectivity index (χ1n) is 13.6. The monoisotopic (exact) mass is 696 g/mol. The number of carbonyl (C=O) groups is 2. The Morgan fingerprint density at radius 1 is 1.00 bits per heavy atom. The number of ether oxygens (including phenoxy) is 1. The van der Waals surface area contributed by atoms with Gasteiger partial charge in [0.15, 0.2) is 11.6 Å². The maximum absolute atomic E-state index is 14.7. The third kappa shape index (κ3) is 7.93. The molecule has 0 fully saturated rings. The number of Topliss-reactive ketones (excluding diaryl/α,β-unsaturated/α-hetero) is 1. The van der Waals surface area contributed by atoms with Gasteiger partial charge in [0.1, 0.15) is 23.8 Å². The number of tetrazole rings is 1. The number of ketones is 1. The van der Waals surface area contributed by atoms with E-state index < -0.39 is 54.6 Å². The average molecular weight is 697 g/mol. The molecule has 3 aromatic heterocycles. The van der Waals surface area contributed by atoms with Crippen molar-refractivity contribution >= 4 is 23.3 Å². The molecule has 2 aromatic carbocycles. The van der Waals surface area contributed by atoms with Crippen LogP contribution in [0.1, 0.15) is 49.1 Å². The van der Waals surface area contributed by atoms with Gasteiger partial charge in [-0.2, -0.15) is 23.1 Å². The zero-order valence-electron chi connectivity index (χ0n) is 24.3. The summed E-state index contributed by atoms with van der Waals surface area (Å²) in [5, 5.41) is 16.6. The summed E-state index contributed by atoms with van der Waals surface area (Å²) < 4.78 is 95.9. The molecule has 3 heterocycles. The SMILES string of the molecule is Cc1c(F)ccc(C(=O)NCc2ccc(OC(F)(F)F)cc2)c1CC(=O)c1cc(Cn2nnc(C(F)(F)F)n2)nn1-c1ncccc1Cl. The Morgan fingerprint density at radius 3 is 2.38 bits per heavy atom. The van der Waals surface area contributed by atoms with Crippen LogP contribution in [0.2, 0.25) is 5.02 Å². The Bertz CT molecular complexity index is 1970. The van der Waals surface area contributed by atoms with Crippen molar-refractivity contribution in [3.05, 3.63) is 111 Å². The van der Waals surface area contributed by atoms with E-state index in [4.69, 9.17) is 11.6 Å². The molecule has 0 bridgehead atoms. The number of pyridine rings is 1. The zero-order valence-corrected chi connectivity index (χ0v) is 25.0. The van der Waals surface area contributed by atoms with Crippen molar-refractivity contribution in [1.29, 1.82) is 0 Å². The molecule has 0 aliphatic rings. The normalized spacial score (nSPS) is 11.9. The van der Waals surface area contributed by atoms with E-state index in [-0.39, 0.29) is 45.5 Å². The molecular formula is C29H20ClF7N8O3. The largest absolute Gasteiger partial charge is 0.573 e. The second kappa shape index (κ2) is 13.4. The van der Waals surface area contributed by atoms with E-state index in [1.807, 2.05) is 0 Å². The van der Waals surface area contributed by atoms with Crippen LogP contribution in [0.5, 0.6) is 5.75 Å². The second-order valence-corrected chi connectivity index (χ2v) is 10.5. The van der Waals surface area contributed by atoms with E-state index in [1.54, 1.807) is 0 Å². The van der Waals surface area contributed by atoms with Crippen molar-refractivity contribution < 1.29 is 45.1 Å². The highest BCUT2D eigenvalue weighted by atomic mass is 35.5. The molecule has 1 N–H and O–H groups in total. The molecule has 0 unspecified atom stereocenters. The summed E-state index contributed by atoms with van der Waals surface area (Å²) in [7, 11) is 0. The van der Waals surface area contributed by atoms with Gasteiger partial charge in [-0.25, -0.2) is 14.1 Å². The topological polar surface area (TPSA) is 130 Å². The van der Waals surface area contributed by atoms with E-state index in [2.05, 4.69) is 35.5 Å². The second-order valence-electron chi connectivity index (χ2n) is 10.1. The minimum Gasteiger partial charge on any atom is -0.406 e. The average Bonchev–Trinajstić information content (AvgIpc) is 3.66. The van der Waals surface area contributed by atoms with Crippen molar-refractivity contribution in [1.82, 2.24) is 40.3 Å². The Labute approximate surface area is 270 Å². The van der Waals surface area contributed by atoms with Crippen molar-refractivity contribution in [2.45, 2.75) is 39.0 Å². The number of benzene rings is 2. The smallest absolute Gasteiger partial charge is 0.406 e. The van der Waals surface area contributed by atoms with Gasteiger partial charge in [0.2, 0.25) is 0 Å². The van der Waals surface area contributed by atoms with Crippen LogP contribution in [0.3, 0.4) is 0 Å². The standard InChI is InChI=1S/C29H20ClF7N8O3/c1-15-20(19(8-9-22(15)31)26(47)39-13-16-4-6-18(7-5-16)48-29(35,36)37)12-24(46)23-11-17(14-44-42-27(40-43-44)28(32,33)34)41-45(23)25-21(30)3-2-10-38-25/h2-11H,12-14H2,1H3,(H,39,47). The number of halogens is 8. The van der Waals surface area contributed by atoms with Gasteiger partial charge in [0.25, 0.3) is 11.7 Å². The molecule has 1 amide bonds. The quantitative estimate of drug-likeness (QED) is 0.146.